The Balaban J connectivity index is 1.34. The van der Waals surface area contributed by atoms with Crippen LogP contribution in [0.3, 0.4) is 0 Å². The van der Waals surface area contributed by atoms with Crippen LogP contribution in [0.2, 0.25) is 5.02 Å². The molecule has 0 fully saturated rings. The summed E-state index contributed by atoms with van der Waals surface area (Å²) in [4.78, 5) is 12.4. The van der Waals surface area contributed by atoms with Crippen LogP contribution in [0.5, 0.6) is 5.75 Å². The van der Waals surface area contributed by atoms with E-state index < -0.39 is 5.82 Å². The van der Waals surface area contributed by atoms with E-state index in [4.69, 9.17) is 16.3 Å². The van der Waals surface area contributed by atoms with E-state index in [1.54, 1.807) is 0 Å². The predicted molar refractivity (Wildman–Crippen MR) is 113 cm³/mol. The van der Waals surface area contributed by atoms with Gasteiger partial charge in [-0.2, -0.15) is 5.10 Å². The van der Waals surface area contributed by atoms with Gasteiger partial charge in [-0.15, -0.1) is 0 Å². The minimum Gasteiger partial charge on any atom is -0.491 e. The molecule has 0 saturated carbocycles. The van der Waals surface area contributed by atoms with Crippen LogP contribution in [0.15, 0.2) is 54.7 Å². The van der Waals surface area contributed by atoms with E-state index in [1.807, 2.05) is 29.1 Å². The molecule has 1 heterocycles. The number of nitrogens with one attached hydrogen (secondary N) is 1. The molecule has 30 heavy (non-hydrogen) atoms. The molecule has 3 aromatic rings. The molecule has 0 saturated heterocycles. The van der Waals surface area contributed by atoms with Gasteiger partial charge in [-0.1, -0.05) is 41.9 Å². The van der Waals surface area contributed by atoms with Crippen LogP contribution in [0.1, 0.15) is 42.1 Å². The van der Waals surface area contributed by atoms with Gasteiger partial charge in [-0.05, 0) is 43.0 Å². The van der Waals surface area contributed by atoms with Crippen LogP contribution >= 0.6 is 11.6 Å². The van der Waals surface area contributed by atoms with Gasteiger partial charge in [-0.25, -0.2) is 4.39 Å². The SMILES string of the molecule is O=C(CCOc1ccc(F)cc1Cl)NC1CCCc2c1cnn2Cc1ccccc1. The van der Waals surface area contributed by atoms with Crippen LogP contribution < -0.4 is 10.1 Å². The fraction of sp³-hybridized carbons (Fsp3) is 0.304. The van der Waals surface area contributed by atoms with Crippen molar-refractivity contribution in [1.29, 1.82) is 0 Å². The third kappa shape index (κ3) is 4.82. The summed E-state index contributed by atoms with van der Waals surface area (Å²) in [5, 5.41) is 7.85. The Hall–Kier alpha value is -2.86. The normalized spacial score (nSPS) is 15.5. The summed E-state index contributed by atoms with van der Waals surface area (Å²) in [6, 6.07) is 14.1. The van der Waals surface area contributed by atoms with Crippen molar-refractivity contribution in [2.24, 2.45) is 0 Å². The molecule has 1 aliphatic carbocycles. The minimum absolute atomic E-state index is 0.0415. The molecule has 5 nitrogen and oxygen atoms in total. The van der Waals surface area contributed by atoms with Crippen LogP contribution in [0.4, 0.5) is 4.39 Å². The zero-order valence-corrected chi connectivity index (χ0v) is 17.2. The van der Waals surface area contributed by atoms with Crippen LogP contribution in [-0.2, 0) is 17.8 Å². The average Bonchev–Trinajstić information content (AvgIpc) is 3.14. The summed E-state index contributed by atoms with van der Waals surface area (Å²) in [6.45, 7) is 0.896. The Morgan fingerprint density at radius 3 is 2.90 bits per heavy atom. The first kappa shape index (κ1) is 20.4. The number of hydrogen-bond acceptors (Lipinski definition) is 3. The number of carbonyl (C=O) groups is 1. The molecule has 7 heteroatoms. The molecule has 0 bridgehead atoms. The van der Waals surface area contributed by atoms with Gasteiger partial charge in [0.25, 0.3) is 0 Å². The van der Waals surface area contributed by atoms with Gasteiger partial charge in [-0.3, -0.25) is 9.48 Å². The highest BCUT2D eigenvalue weighted by Gasteiger charge is 2.25. The number of halogens is 2. The number of rotatable bonds is 7. The summed E-state index contributed by atoms with van der Waals surface area (Å²) in [6.07, 6.45) is 4.91. The Morgan fingerprint density at radius 1 is 1.27 bits per heavy atom. The molecule has 0 spiro atoms. The van der Waals surface area contributed by atoms with Crippen molar-refractivity contribution in [2.75, 3.05) is 6.61 Å². The zero-order valence-electron chi connectivity index (χ0n) is 16.5. The maximum atomic E-state index is 13.1. The standard InChI is InChI=1S/C23H23ClFN3O2/c24-19-13-17(25)9-10-22(19)30-12-11-23(29)27-20-7-4-8-21-18(20)14-26-28(21)15-16-5-2-1-3-6-16/h1-3,5-6,9-10,13-14,20H,4,7-8,11-12,15H2,(H,27,29). The van der Waals surface area contributed by atoms with Gasteiger partial charge in [0.2, 0.25) is 5.91 Å². The summed E-state index contributed by atoms with van der Waals surface area (Å²) < 4.78 is 20.6. The molecule has 1 atom stereocenters. The molecule has 156 valence electrons. The average molecular weight is 428 g/mol. The largest absolute Gasteiger partial charge is 0.491 e. The van der Waals surface area contributed by atoms with Crippen molar-refractivity contribution >= 4 is 17.5 Å². The van der Waals surface area contributed by atoms with Gasteiger partial charge in [0.05, 0.1) is 36.8 Å². The topological polar surface area (TPSA) is 56.1 Å². The first-order valence-electron chi connectivity index (χ1n) is 10.1. The van der Waals surface area contributed by atoms with Crippen molar-refractivity contribution in [2.45, 2.75) is 38.3 Å². The molecular weight excluding hydrogens is 405 g/mol. The van der Waals surface area contributed by atoms with E-state index in [-0.39, 0.29) is 30.0 Å². The Morgan fingerprint density at radius 2 is 2.10 bits per heavy atom. The van der Waals surface area contributed by atoms with E-state index in [2.05, 4.69) is 22.5 Å². The number of hydrogen-bond donors (Lipinski definition) is 1. The Bertz CT molecular complexity index is 1020. The maximum Gasteiger partial charge on any atom is 0.223 e. The number of amides is 1. The first-order valence-corrected chi connectivity index (χ1v) is 10.4. The third-order valence-electron chi connectivity index (χ3n) is 5.25. The number of carbonyl (C=O) groups excluding carboxylic acids is 1. The lowest BCUT2D eigenvalue weighted by atomic mass is 9.92. The molecule has 1 aliphatic rings. The lowest BCUT2D eigenvalue weighted by molar-refractivity contribution is -0.122. The van der Waals surface area contributed by atoms with Gasteiger partial charge in [0.15, 0.2) is 0 Å². The van der Waals surface area contributed by atoms with Gasteiger partial charge >= 0.3 is 0 Å². The lowest BCUT2D eigenvalue weighted by Gasteiger charge is -2.24. The van der Waals surface area contributed by atoms with Crippen molar-refractivity contribution < 1.29 is 13.9 Å². The van der Waals surface area contributed by atoms with Crippen LogP contribution in [-0.4, -0.2) is 22.3 Å². The molecule has 1 N–H and O–H groups in total. The predicted octanol–water partition coefficient (Wildman–Crippen LogP) is 4.69. The molecular formula is C23H23ClFN3O2. The Labute approximate surface area is 179 Å². The number of nitrogens with zero attached hydrogens (tertiary/aromatic N) is 2. The minimum atomic E-state index is -0.425. The van der Waals surface area contributed by atoms with E-state index >= 15 is 0 Å². The highest BCUT2D eigenvalue weighted by atomic mass is 35.5. The molecule has 1 aromatic heterocycles. The fourth-order valence-electron chi connectivity index (χ4n) is 3.77. The molecule has 0 radical (unpaired) electrons. The second-order valence-corrected chi connectivity index (χ2v) is 7.78. The quantitative estimate of drug-likeness (QED) is 0.595. The molecule has 4 rings (SSSR count). The summed E-state index contributed by atoms with van der Waals surface area (Å²) in [5.74, 6) is -0.152. The summed E-state index contributed by atoms with van der Waals surface area (Å²) >= 11 is 5.94. The molecule has 0 aliphatic heterocycles. The fourth-order valence-corrected chi connectivity index (χ4v) is 4.00. The number of aromatic nitrogens is 2. The van der Waals surface area contributed by atoms with Crippen molar-refractivity contribution in [3.8, 4) is 5.75 Å². The van der Waals surface area contributed by atoms with Gasteiger partial charge in [0, 0.05) is 11.3 Å². The number of ether oxygens (including phenoxy) is 1. The second-order valence-electron chi connectivity index (χ2n) is 7.38. The first-order chi connectivity index (χ1) is 14.6. The van der Waals surface area contributed by atoms with Crippen molar-refractivity contribution in [1.82, 2.24) is 15.1 Å². The van der Waals surface area contributed by atoms with Crippen LogP contribution in [0.25, 0.3) is 0 Å². The van der Waals surface area contributed by atoms with Crippen LogP contribution in [0, 0.1) is 5.82 Å². The molecule has 1 amide bonds. The van der Waals surface area contributed by atoms with Gasteiger partial charge in [0.1, 0.15) is 11.6 Å². The second kappa shape index (κ2) is 9.30. The maximum absolute atomic E-state index is 13.1. The number of benzene rings is 2. The van der Waals surface area contributed by atoms with Crippen molar-refractivity contribution in [3.05, 3.63) is 82.4 Å². The smallest absolute Gasteiger partial charge is 0.223 e. The zero-order chi connectivity index (χ0) is 20.9. The lowest BCUT2D eigenvalue weighted by Crippen LogP contribution is -2.31. The highest BCUT2D eigenvalue weighted by Crippen LogP contribution is 2.30. The van der Waals surface area contributed by atoms with Crippen molar-refractivity contribution in [3.63, 3.8) is 0 Å². The summed E-state index contributed by atoms with van der Waals surface area (Å²) in [7, 11) is 0. The van der Waals surface area contributed by atoms with Gasteiger partial charge < -0.3 is 10.1 Å². The number of fused-ring (bicyclic) bond motifs is 1. The Kier molecular flexibility index (Phi) is 6.33. The molecule has 2 aromatic carbocycles. The van der Waals surface area contributed by atoms with E-state index in [0.29, 0.717) is 5.75 Å². The third-order valence-corrected chi connectivity index (χ3v) is 5.55. The monoisotopic (exact) mass is 427 g/mol. The van der Waals surface area contributed by atoms with E-state index in [0.717, 1.165) is 31.4 Å². The summed E-state index contributed by atoms with van der Waals surface area (Å²) in [5.41, 5.74) is 3.48. The highest BCUT2D eigenvalue weighted by molar-refractivity contribution is 6.32. The van der Waals surface area contributed by atoms with E-state index in [9.17, 15) is 9.18 Å². The van der Waals surface area contributed by atoms with E-state index in [1.165, 1.54) is 29.5 Å². The molecule has 1 unspecified atom stereocenters.